The van der Waals surface area contributed by atoms with E-state index in [0.29, 0.717) is 66.8 Å². The number of amides is 2. The van der Waals surface area contributed by atoms with E-state index in [-0.39, 0.29) is 119 Å². The van der Waals surface area contributed by atoms with E-state index >= 15 is 0 Å². The molecule has 4 aromatic heterocycles. The number of hydrogen-bond donors (Lipinski definition) is 4. The fourth-order valence-electron chi connectivity index (χ4n) is 17.4. The number of rotatable bonds is 27. The van der Waals surface area contributed by atoms with Crippen LogP contribution in [0.4, 0.5) is 22.7 Å². The molecule has 2 saturated heterocycles. The molecule has 2 amide bonds. The van der Waals surface area contributed by atoms with E-state index in [1.165, 1.54) is 71.1 Å². The van der Waals surface area contributed by atoms with Crippen molar-refractivity contribution in [3.8, 4) is 34.5 Å². The number of nitrogens with zero attached hydrogens (tertiary/aromatic N) is 8. The average molecular weight is 1830 g/mol. The molecule has 30 nitrogen and oxygen atoms in total. The zero-order valence-corrected chi connectivity index (χ0v) is 75.2. The van der Waals surface area contributed by atoms with Crippen LogP contribution in [0.15, 0.2) is 179 Å². The molecule has 127 heavy (non-hydrogen) atoms. The number of sulfone groups is 1. The van der Waals surface area contributed by atoms with Crippen LogP contribution in [0.3, 0.4) is 0 Å². The molecule has 0 spiro atoms. The van der Waals surface area contributed by atoms with Crippen LogP contribution >= 0.6 is 23.2 Å². The summed E-state index contributed by atoms with van der Waals surface area (Å²) in [5.41, 5.74) is 10.7. The Bertz CT molecular complexity index is 6320. The predicted octanol–water partition coefficient (Wildman–Crippen LogP) is 16.5. The van der Waals surface area contributed by atoms with Crippen LogP contribution in [-0.2, 0) is 52.3 Å². The molecular weight excluding hydrogens is 1730 g/mol. The van der Waals surface area contributed by atoms with Crippen molar-refractivity contribution < 1.29 is 73.2 Å². The molecule has 0 radical (unpaired) electrons. The molecular formula is C92H100Cl2N12O18S3. The number of pyridine rings is 2. The van der Waals surface area contributed by atoms with Crippen molar-refractivity contribution in [1.82, 2.24) is 39.2 Å². The van der Waals surface area contributed by atoms with E-state index in [4.69, 9.17) is 46.9 Å². The van der Waals surface area contributed by atoms with Gasteiger partial charge in [-0.1, -0.05) is 86.3 Å². The first-order chi connectivity index (χ1) is 60.5. The zero-order chi connectivity index (χ0) is 89.9. The van der Waals surface area contributed by atoms with Crippen LogP contribution < -0.4 is 38.2 Å². The molecule has 2 fully saturated rings. The van der Waals surface area contributed by atoms with Crippen LogP contribution in [0.1, 0.15) is 135 Å². The Kier molecular flexibility index (Phi) is 26.9. The number of carbonyl (C=O) groups is 3. The molecule has 668 valence electrons. The molecule has 35 heteroatoms. The van der Waals surface area contributed by atoms with E-state index in [1.807, 2.05) is 36.4 Å². The SMILES string of the molecule is CC1(C)CCC(CN2CCN(c3ccc(C(=O)NS(=O)(=O)c4cc5c(c([N+](=O)[O-])c4)C[C@H](CCS(C)(=O)=O)CO5)c(Oc4cnc5[nH]ccc5c4)c3)CC2)=C(c2ccc(Cl)cc2)C1.COC(=O)CCC[C@@H]1COc2cc(S(=O)(=O)NC(=O)c3ccc(N4CCN(CC5=C(c6ccc(Cl)cc6)CC(C)(C)CC5)CC4)cc3Oc3cnc4[nH]ccc4c3)cc([N+](=O)[O-])c2C1. The molecule has 10 aromatic rings. The van der Waals surface area contributed by atoms with Gasteiger partial charge in [0.25, 0.3) is 43.2 Å². The van der Waals surface area contributed by atoms with E-state index in [2.05, 4.69) is 101 Å². The van der Waals surface area contributed by atoms with Gasteiger partial charge in [0.05, 0.1) is 80.4 Å². The van der Waals surface area contributed by atoms with Crippen LogP contribution in [0.25, 0.3) is 33.2 Å². The summed E-state index contributed by atoms with van der Waals surface area (Å²) in [4.78, 5) is 85.9. The van der Waals surface area contributed by atoms with E-state index in [9.17, 15) is 59.9 Å². The number of H-pyrrole nitrogens is 2. The number of aromatic nitrogens is 4. The van der Waals surface area contributed by atoms with Crippen LogP contribution in [0, 0.1) is 42.9 Å². The number of aromatic amines is 2. The molecule has 2 atom stereocenters. The molecule has 6 aromatic carbocycles. The number of anilines is 2. The van der Waals surface area contributed by atoms with Gasteiger partial charge in [0.1, 0.15) is 55.6 Å². The predicted molar refractivity (Wildman–Crippen MR) is 486 cm³/mol. The Morgan fingerprint density at radius 2 is 0.976 bits per heavy atom. The smallest absolute Gasteiger partial charge is 0.305 e. The summed E-state index contributed by atoms with van der Waals surface area (Å²) in [6.07, 6.45) is 15.8. The third-order valence-corrected chi connectivity index (χ3v) is 28.6. The van der Waals surface area contributed by atoms with Crippen molar-refractivity contribution in [1.29, 1.82) is 0 Å². The number of hydrogen-bond acceptors (Lipinski definition) is 24. The van der Waals surface area contributed by atoms with E-state index in [1.54, 1.807) is 48.8 Å². The van der Waals surface area contributed by atoms with Gasteiger partial charge in [-0.2, -0.15) is 0 Å². The fourth-order valence-corrected chi connectivity index (χ4v) is 20.5. The number of allylic oxidation sites excluding steroid dienone is 2. The number of nitrogens with one attached hydrogen (secondary N) is 4. The minimum atomic E-state index is -4.69. The summed E-state index contributed by atoms with van der Waals surface area (Å²) in [5, 5.41) is 27.4. The number of methoxy groups -OCH3 is 1. The molecule has 0 saturated carbocycles. The number of nitro groups is 2. The maximum atomic E-state index is 14.0. The minimum Gasteiger partial charge on any atom is -0.493 e. The van der Waals surface area contributed by atoms with Crippen molar-refractivity contribution in [2.45, 2.75) is 115 Å². The second kappa shape index (κ2) is 37.8. The first-order valence-electron chi connectivity index (χ1n) is 42.2. The first-order valence-corrected chi connectivity index (χ1v) is 48.0. The second-order valence-corrected chi connectivity index (χ2v) is 41.5. The number of ether oxygens (including phenoxy) is 5. The van der Waals surface area contributed by atoms with Crippen molar-refractivity contribution in [3.05, 3.63) is 233 Å². The summed E-state index contributed by atoms with van der Waals surface area (Å²) in [6, 6.07) is 37.6. The summed E-state index contributed by atoms with van der Waals surface area (Å²) in [7, 11) is -11.3. The standard InChI is InChI=1S/C47H51ClN6O9S.C45H49ClN6O9S2/c1-47(2)15-13-33(40(26-47)31-7-9-34(48)10-8-31)28-52-17-19-53(20-18-52)35-11-12-38(43(23-35)63-36-22-32-14-16-49-45(32)50-27-36)46(56)51-64(59,60)37-24-41(54(57)58)39-21-30(29-62-42(39)25-37)5-4-6-44(55)61-3;1-45(2)13-10-32(39(25-45)30-4-6-33(46)7-5-30)27-50-15-17-51(18-16-50)34-8-9-37(42(22-34)61-35-21-31-11-14-47-43(31)48-26-35)44(53)49-63(58,59)36-23-40(52(54)55)38-20-29(12-19-62(3,56)57)28-60-41(38)24-36/h7-12,14,16,22-25,27,30H,4-6,13,15,17-21,26,28-29H2,1-3H3,(H,49,50)(H,51,56);4-9,11,14,21-24,26,29H,10,12-13,15-20,25,27-28H2,1-3H3,(H,47,48)(H,49,53)/t30-;29-/m00/s1. The quantitative estimate of drug-likeness (QED) is 0.0211. The highest BCUT2D eigenvalue weighted by Gasteiger charge is 2.38. The molecule has 4 aliphatic heterocycles. The normalized spacial score (nSPS) is 17.9. The summed E-state index contributed by atoms with van der Waals surface area (Å²) >= 11 is 12.5. The van der Waals surface area contributed by atoms with Gasteiger partial charge in [-0.05, 0) is 188 Å². The summed E-state index contributed by atoms with van der Waals surface area (Å²) in [6.45, 7) is 17.3. The number of piperazine rings is 2. The highest BCUT2D eigenvalue weighted by atomic mass is 35.5. The monoisotopic (exact) mass is 1830 g/mol. The lowest BCUT2D eigenvalue weighted by molar-refractivity contribution is -0.386. The van der Waals surface area contributed by atoms with Gasteiger partial charge in [0, 0.05) is 159 Å². The van der Waals surface area contributed by atoms with Crippen molar-refractivity contribution in [2.75, 3.05) is 108 Å². The van der Waals surface area contributed by atoms with E-state index in [0.717, 1.165) is 129 Å². The minimum absolute atomic E-state index is 0.0184. The lowest BCUT2D eigenvalue weighted by atomic mass is 9.72. The third kappa shape index (κ3) is 22.0. The van der Waals surface area contributed by atoms with Gasteiger partial charge >= 0.3 is 5.97 Å². The Hall–Kier alpha value is -11.5. The van der Waals surface area contributed by atoms with Crippen molar-refractivity contribution >= 4 is 127 Å². The maximum Gasteiger partial charge on any atom is 0.305 e. The molecule has 0 unspecified atom stereocenters. The fraction of sp³-hybridized carbons (Fsp3) is 0.380. The first kappa shape index (κ1) is 90.3. The number of halogens is 2. The lowest BCUT2D eigenvalue weighted by Gasteiger charge is -2.39. The number of benzene rings is 6. The number of nitro benzene ring substituents is 2. The van der Waals surface area contributed by atoms with Gasteiger partial charge in [-0.3, -0.25) is 44.4 Å². The lowest BCUT2D eigenvalue weighted by Crippen LogP contribution is -2.47. The number of sulfonamides is 2. The highest BCUT2D eigenvalue weighted by Crippen LogP contribution is 2.47. The highest BCUT2D eigenvalue weighted by molar-refractivity contribution is 7.91. The summed E-state index contributed by atoms with van der Waals surface area (Å²) < 4.78 is 112. The Balaban J connectivity index is 0.000000196. The zero-order valence-electron chi connectivity index (χ0n) is 71.3. The van der Waals surface area contributed by atoms with Gasteiger partial charge in [0.15, 0.2) is 0 Å². The van der Waals surface area contributed by atoms with Crippen LogP contribution in [0.5, 0.6) is 34.5 Å². The average Bonchev–Trinajstić information content (AvgIpc) is 1.43. The van der Waals surface area contributed by atoms with Gasteiger partial charge < -0.3 is 43.5 Å². The second-order valence-electron chi connectivity index (χ2n) is 35.0. The van der Waals surface area contributed by atoms with Crippen molar-refractivity contribution in [3.63, 3.8) is 0 Å². The van der Waals surface area contributed by atoms with Gasteiger partial charge in [-0.25, -0.2) is 44.7 Å². The summed E-state index contributed by atoms with van der Waals surface area (Å²) in [5.74, 6) is -2.06. The van der Waals surface area contributed by atoms with Gasteiger partial charge in [-0.15, -0.1) is 0 Å². The van der Waals surface area contributed by atoms with E-state index < -0.39 is 72.7 Å². The Morgan fingerprint density at radius 1 is 0.559 bits per heavy atom. The maximum absolute atomic E-state index is 14.0. The largest absolute Gasteiger partial charge is 0.493 e. The van der Waals surface area contributed by atoms with Crippen LogP contribution in [0.2, 0.25) is 10.0 Å². The van der Waals surface area contributed by atoms with Crippen molar-refractivity contribution in [2.24, 2.45) is 22.7 Å². The molecule has 0 bridgehead atoms. The Labute approximate surface area is 746 Å². The van der Waals surface area contributed by atoms with Gasteiger partial charge in [0.2, 0.25) is 0 Å². The van der Waals surface area contributed by atoms with Crippen LogP contribution in [-0.4, -0.2) is 180 Å². The number of esters is 1. The molecule has 16 rings (SSSR count). The third-order valence-electron chi connectivity index (χ3n) is 24.5. The Morgan fingerprint density at radius 3 is 1.38 bits per heavy atom. The topological polar surface area (TPSA) is 380 Å². The number of fused-ring (bicyclic) bond motifs is 4. The molecule has 4 N–H and O–H groups in total. The molecule has 8 heterocycles. The molecule has 6 aliphatic rings. The number of carbonyl (C=O) groups excluding carboxylic acids is 3. The molecule has 2 aliphatic carbocycles.